The van der Waals surface area contributed by atoms with Crippen LogP contribution in [0.2, 0.25) is 0 Å². The fraction of sp³-hybridized carbons (Fsp3) is 0.412. The van der Waals surface area contributed by atoms with Crippen molar-refractivity contribution >= 4 is 11.9 Å². The summed E-state index contributed by atoms with van der Waals surface area (Å²) in [5, 5.41) is 15.6. The van der Waals surface area contributed by atoms with E-state index in [1.807, 2.05) is 6.92 Å². The first-order valence-corrected chi connectivity index (χ1v) is 7.05. The van der Waals surface area contributed by atoms with E-state index < -0.39 is 11.9 Å². The van der Waals surface area contributed by atoms with Gasteiger partial charge in [-0.25, -0.2) is 9.59 Å². The monoisotopic (exact) mass is 290 g/mol. The fourth-order valence-electron chi connectivity index (χ4n) is 3.12. The van der Waals surface area contributed by atoms with Crippen LogP contribution in [0, 0.1) is 23.7 Å². The van der Waals surface area contributed by atoms with Crippen molar-refractivity contribution < 1.29 is 19.8 Å². The van der Waals surface area contributed by atoms with E-state index in [1.54, 1.807) is 6.08 Å². The van der Waals surface area contributed by atoms with Gasteiger partial charge in [-0.3, -0.25) is 0 Å². The van der Waals surface area contributed by atoms with Gasteiger partial charge in [0.25, 0.3) is 0 Å². The molecule has 3 aliphatic rings. The Balaban J connectivity index is 0.000000183. The first-order valence-electron chi connectivity index (χ1n) is 7.05. The molecule has 4 nitrogen and oxygen atoms in total. The van der Waals surface area contributed by atoms with Gasteiger partial charge >= 0.3 is 11.9 Å². The summed E-state index contributed by atoms with van der Waals surface area (Å²) in [6.07, 6.45) is 15.4. The van der Waals surface area contributed by atoms with Crippen molar-refractivity contribution in [3.05, 3.63) is 49.1 Å². The predicted octanol–water partition coefficient (Wildman–Crippen LogP) is 3.29. The molecule has 2 bridgehead atoms. The minimum Gasteiger partial charge on any atom is -0.478 e. The first-order chi connectivity index (χ1) is 9.99. The smallest absolute Gasteiger partial charge is 0.328 e. The van der Waals surface area contributed by atoms with E-state index >= 15 is 0 Å². The summed E-state index contributed by atoms with van der Waals surface area (Å²) in [6, 6.07) is 0. The highest BCUT2D eigenvalue weighted by atomic mass is 16.4. The second-order valence-electron chi connectivity index (χ2n) is 5.27. The van der Waals surface area contributed by atoms with Gasteiger partial charge in [-0.15, -0.1) is 6.58 Å². The van der Waals surface area contributed by atoms with E-state index in [0.29, 0.717) is 12.2 Å². The quantitative estimate of drug-likeness (QED) is 0.604. The van der Waals surface area contributed by atoms with Gasteiger partial charge < -0.3 is 10.2 Å². The number of aliphatic carboxylic acids is 2. The van der Waals surface area contributed by atoms with Crippen molar-refractivity contribution in [3.8, 4) is 0 Å². The molecular formula is C17H22O4. The number of rotatable bonds is 2. The molecule has 21 heavy (non-hydrogen) atoms. The number of carboxylic acid groups (broad SMARTS) is 2. The molecule has 114 valence electrons. The normalized spacial score (nSPS) is 30.1. The first kappa shape index (κ1) is 17.0. The van der Waals surface area contributed by atoms with Gasteiger partial charge in [-0.1, -0.05) is 30.4 Å². The Morgan fingerprint density at radius 2 is 1.62 bits per heavy atom. The second-order valence-corrected chi connectivity index (χ2v) is 5.27. The minimum absolute atomic E-state index is 0.558. The van der Waals surface area contributed by atoms with Crippen LogP contribution in [0.15, 0.2) is 49.1 Å². The fourth-order valence-corrected chi connectivity index (χ4v) is 3.12. The Morgan fingerprint density at radius 3 is 2.10 bits per heavy atom. The summed E-state index contributed by atoms with van der Waals surface area (Å²) in [7, 11) is 0. The van der Waals surface area contributed by atoms with E-state index in [1.165, 1.54) is 12.8 Å². The van der Waals surface area contributed by atoms with Crippen LogP contribution >= 0.6 is 0 Å². The molecular weight excluding hydrogens is 268 g/mol. The van der Waals surface area contributed by atoms with E-state index in [4.69, 9.17) is 10.2 Å². The van der Waals surface area contributed by atoms with Gasteiger partial charge in [-0.05, 0) is 43.4 Å². The van der Waals surface area contributed by atoms with Crippen LogP contribution in [0.1, 0.15) is 19.8 Å². The summed E-state index contributed by atoms with van der Waals surface area (Å²) >= 11 is 0. The van der Waals surface area contributed by atoms with Gasteiger partial charge in [0.05, 0.1) is 0 Å². The summed E-state index contributed by atoms with van der Waals surface area (Å²) < 4.78 is 0. The van der Waals surface area contributed by atoms with Gasteiger partial charge in [0.2, 0.25) is 0 Å². The molecule has 4 heteroatoms. The van der Waals surface area contributed by atoms with Crippen LogP contribution in [0.5, 0.6) is 0 Å². The highest BCUT2D eigenvalue weighted by molar-refractivity contribution is 5.89. The molecule has 0 heterocycles. The molecule has 3 rings (SSSR count). The maximum absolute atomic E-state index is 9.55. The maximum atomic E-state index is 9.55. The summed E-state index contributed by atoms with van der Waals surface area (Å²) in [5.41, 5.74) is 0. The predicted molar refractivity (Wildman–Crippen MR) is 81.8 cm³/mol. The lowest BCUT2D eigenvalue weighted by atomic mass is 9.86. The Morgan fingerprint density at radius 1 is 1.10 bits per heavy atom. The van der Waals surface area contributed by atoms with Crippen molar-refractivity contribution in [2.45, 2.75) is 19.8 Å². The number of hydrogen-bond donors (Lipinski definition) is 2. The third-order valence-electron chi connectivity index (χ3n) is 3.82. The second kappa shape index (κ2) is 8.25. The molecule has 1 fully saturated rings. The van der Waals surface area contributed by atoms with Crippen molar-refractivity contribution in [1.29, 1.82) is 0 Å². The summed E-state index contributed by atoms with van der Waals surface area (Å²) in [5.74, 6) is 1.31. The van der Waals surface area contributed by atoms with Crippen molar-refractivity contribution in [3.63, 3.8) is 0 Å². The SMILES string of the molecule is C1=CC2C3C=CC(C3)C2C1.C=CC.O=C(O)/C=C\C(=O)O. The van der Waals surface area contributed by atoms with Crippen molar-refractivity contribution in [2.75, 3.05) is 0 Å². The average molecular weight is 290 g/mol. The van der Waals surface area contributed by atoms with Crippen LogP contribution in [-0.4, -0.2) is 22.2 Å². The van der Waals surface area contributed by atoms with Gasteiger partial charge in [0.1, 0.15) is 0 Å². The van der Waals surface area contributed by atoms with Gasteiger partial charge in [-0.2, -0.15) is 0 Å². The number of carboxylic acids is 2. The molecule has 2 N–H and O–H groups in total. The number of allylic oxidation sites excluding steroid dienone is 5. The summed E-state index contributed by atoms with van der Waals surface area (Å²) in [6.45, 7) is 5.25. The number of fused-ring (bicyclic) bond motifs is 5. The molecule has 3 aliphatic carbocycles. The molecule has 4 atom stereocenters. The molecule has 1 saturated carbocycles. The molecule has 0 aromatic rings. The van der Waals surface area contributed by atoms with Crippen molar-refractivity contribution in [2.24, 2.45) is 23.7 Å². The van der Waals surface area contributed by atoms with E-state index in [-0.39, 0.29) is 0 Å². The van der Waals surface area contributed by atoms with E-state index in [2.05, 4.69) is 30.9 Å². The van der Waals surface area contributed by atoms with Crippen LogP contribution in [0.25, 0.3) is 0 Å². The highest BCUT2D eigenvalue weighted by Gasteiger charge is 2.44. The minimum atomic E-state index is -1.26. The van der Waals surface area contributed by atoms with Crippen LogP contribution in [-0.2, 0) is 9.59 Å². The Bertz CT molecular complexity index is 457. The van der Waals surface area contributed by atoms with Crippen molar-refractivity contribution in [1.82, 2.24) is 0 Å². The van der Waals surface area contributed by atoms with Crippen LogP contribution < -0.4 is 0 Å². The maximum Gasteiger partial charge on any atom is 0.328 e. The highest BCUT2D eigenvalue weighted by Crippen LogP contribution is 2.52. The van der Waals surface area contributed by atoms with Crippen LogP contribution in [0.4, 0.5) is 0 Å². The number of hydrogen-bond acceptors (Lipinski definition) is 2. The van der Waals surface area contributed by atoms with E-state index in [0.717, 1.165) is 23.7 Å². The molecule has 0 radical (unpaired) electrons. The van der Waals surface area contributed by atoms with Crippen LogP contribution in [0.3, 0.4) is 0 Å². The summed E-state index contributed by atoms with van der Waals surface area (Å²) in [4.78, 5) is 19.1. The van der Waals surface area contributed by atoms with Gasteiger partial charge in [0, 0.05) is 12.2 Å². The Hall–Kier alpha value is -2.10. The molecule has 0 saturated heterocycles. The lowest BCUT2D eigenvalue weighted by Gasteiger charge is -2.18. The molecule has 0 aliphatic heterocycles. The molecule has 0 spiro atoms. The standard InChI is InChI=1S/C10H12.C4H4O4.C3H6/c1-2-9-7-4-5-8(6-7)10(9)3-1;5-3(6)1-2-4(7)8;1-3-2/h1-2,4-5,7-10H,3,6H2;1-2H,(H,5,6)(H,7,8);3H,1H2,2H3/b;2-1-;. The Labute approximate surface area is 125 Å². The largest absolute Gasteiger partial charge is 0.478 e. The third-order valence-corrected chi connectivity index (χ3v) is 3.82. The molecule has 0 amide bonds. The topological polar surface area (TPSA) is 74.6 Å². The lowest BCUT2D eigenvalue weighted by molar-refractivity contribution is -0.134. The zero-order chi connectivity index (χ0) is 15.8. The third kappa shape index (κ3) is 5.06. The Kier molecular flexibility index (Phi) is 6.66. The zero-order valence-corrected chi connectivity index (χ0v) is 12.2. The molecule has 0 aromatic carbocycles. The lowest BCUT2D eigenvalue weighted by Crippen LogP contribution is -2.12. The molecule has 4 unspecified atom stereocenters. The zero-order valence-electron chi connectivity index (χ0n) is 12.2. The van der Waals surface area contributed by atoms with E-state index in [9.17, 15) is 9.59 Å². The van der Waals surface area contributed by atoms with Gasteiger partial charge in [0.15, 0.2) is 0 Å². The average Bonchev–Trinajstić information content (AvgIpc) is 3.11. The number of carbonyl (C=O) groups is 2. The molecule has 0 aromatic heterocycles.